The van der Waals surface area contributed by atoms with Crippen LogP contribution in [0.5, 0.6) is 0 Å². The van der Waals surface area contributed by atoms with Crippen LogP contribution in [0, 0.1) is 6.92 Å². The Labute approximate surface area is 114 Å². The molecule has 18 heavy (non-hydrogen) atoms. The van der Waals surface area contributed by atoms with Crippen molar-refractivity contribution in [1.82, 2.24) is 10.3 Å². The quantitative estimate of drug-likeness (QED) is 0.856. The first kappa shape index (κ1) is 13.1. The van der Waals surface area contributed by atoms with Crippen molar-refractivity contribution in [3.8, 4) is 0 Å². The van der Waals surface area contributed by atoms with Gasteiger partial charge in [0.25, 0.3) is 0 Å². The molecule has 1 saturated heterocycles. The van der Waals surface area contributed by atoms with Crippen LogP contribution in [0.4, 0.5) is 5.69 Å². The lowest BCUT2D eigenvalue weighted by Crippen LogP contribution is -2.43. The van der Waals surface area contributed by atoms with Crippen LogP contribution < -0.4 is 10.2 Å². The van der Waals surface area contributed by atoms with Crippen LogP contribution in [0.2, 0.25) is 0 Å². The van der Waals surface area contributed by atoms with Gasteiger partial charge in [0.1, 0.15) is 0 Å². The van der Waals surface area contributed by atoms with Gasteiger partial charge in [-0.25, -0.2) is 0 Å². The van der Waals surface area contributed by atoms with Crippen LogP contribution in [0.1, 0.15) is 5.69 Å². The van der Waals surface area contributed by atoms with E-state index >= 15 is 0 Å². The van der Waals surface area contributed by atoms with Crippen molar-refractivity contribution in [3.05, 3.63) is 36.0 Å². The molecule has 1 aliphatic heterocycles. The van der Waals surface area contributed by atoms with Gasteiger partial charge < -0.3 is 10.2 Å². The highest BCUT2D eigenvalue weighted by atomic mass is 35.5. The van der Waals surface area contributed by atoms with Crippen molar-refractivity contribution in [1.29, 1.82) is 0 Å². The van der Waals surface area contributed by atoms with Crippen molar-refractivity contribution < 1.29 is 0 Å². The van der Waals surface area contributed by atoms with Gasteiger partial charge in [-0.15, -0.1) is 12.4 Å². The summed E-state index contributed by atoms with van der Waals surface area (Å²) in [4.78, 5) is 7.11. The molecule has 96 valence electrons. The van der Waals surface area contributed by atoms with Gasteiger partial charge in [0.15, 0.2) is 0 Å². The number of fused-ring (bicyclic) bond motifs is 1. The number of anilines is 1. The van der Waals surface area contributed by atoms with Gasteiger partial charge in [-0.1, -0.05) is 18.2 Å². The summed E-state index contributed by atoms with van der Waals surface area (Å²) < 4.78 is 0. The van der Waals surface area contributed by atoms with E-state index in [2.05, 4.69) is 45.5 Å². The zero-order chi connectivity index (χ0) is 11.7. The number of piperazine rings is 1. The summed E-state index contributed by atoms with van der Waals surface area (Å²) in [5, 5.41) is 4.61. The number of aryl methyl sites for hydroxylation is 1. The number of hydrogen-bond donors (Lipinski definition) is 1. The van der Waals surface area contributed by atoms with E-state index in [1.54, 1.807) is 0 Å². The minimum atomic E-state index is 0. The molecular weight excluding hydrogens is 246 g/mol. The first-order valence-corrected chi connectivity index (χ1v) is 6.17. The maximum Gasteiger partial charge on any atom is 0.0938 e. The average molecular weight is 264 g/mol. The minimum Gasteiger partial charge on any atom is -0.367 e. The normalized spacial score (nSPS) is 15.5. The Balaban J connectivity index is 0.00000120. The number of aromatic nitrogens is 1. The molecule has 0 atom stereocenters. The summed E-state index contributed by atoms with van der Waals surface area (Å²) in [6.45, 7) is 6.29. The standard InChI is InChI=1S/C14H17N3.ClH/c1-11-5-6-12-3-2-4-13(14(12)16-11)17-9-7-15-8-10-17;/h2-6,15H,7-10H2,1H3;1H. The Hall–Kier alpha value is -1.32. The molecule has 3 rings (SSSR count). The number of para-hydroxylation sites is 1. The molecular formula is C14H18ClN3. The average Bonchev–Trinajstić information content (AvgIpc) is 2.39. The van der Waals surface area contributed by atoms with E-state index in [1.165, 1.54) is 11.1 Å². The third kappa shape index (κ3) is 2.42. The van der Waals surface area contributed by atoms with Gasteiger partial charge in [-0.2, -0.15) is 0 Å². The Morgan fingerprint density at radius 1 is 1.11 bits per heavy atom. The van der Waals surface area contributed by atoms with E-state index in [-0.39, 0.29) is 12.4 Å². The van der Waals surface area contributed by atoms with Crippen LogP contribution in [-0.4, -0.2) is 31.2 Å². The molecule has 1 N–H and O–H groups in total. The van der Waals surface area contributed by atoms with E-state index in [4.69, 9.17) is 0 Å². The molecule has 1 aliphatic rings. The van der Waals surface area contributed by atoms with E-state index in [0.717, 1.165) is 37.4 Å². The lowest BCUT2D eigenvalue weighted by Gasteiger charge is -2.30. The summed E-state index contributed by atoms with van der Waals surface area (Å²) in [6.07, 6.45) is 0. The van der Waals surface area contributed by atoms with E-state index in [9.17, 15) is 0 Å². The zero-order valence-electron chi connectivity index (χ0n) is 10.5. The third-order valence-electron chi connectivity index (χ3n) is 3.30. The van der Waals surface area contributed by atoms with Gasteiger partial charge in [-0.05, 0) is 19.1 Å². The zero-order valence-corrected chi connectivity index (χ0v) is 11.3. The fourth-order valence-corrected chi connectivity index (χ4v) is 2.39. The minimum absolute atomic E-state index is 0. The number of benzene rings is 1. The number of rotatable bonds is 1. The second-order valence-electron chi connectivity index (χ2n) is 4.54. The lowest BCUT2D eigenvalue weighted by molar-refractivity contribution is 0.590. The molecule has 0 aliphatic carbocycles. The largest absolute Gasteiger partial charge is 0.367 e. The molecule has 3 nitrogen and oxygen atoms in total. The fourth-order valence-electron chi connectivity index (χ4n) is 2.39. The maximum atomic E-state index is 4.69. The van der Waals surface area contributed by atoms with Gasteiger partial charge in [0.2, 0.25) is 0 Å². The Bertz CT molecular complexity index is 536. The van der Waals surface area contributed by atoms with E-state index in [0.29, 0.717) is 0 Å². The second-order valence-corrected chi connectivity index (χ2v) is 4.54. The highest BCUT2D eigenvalue weighted by molar-refractivity contribution is 5.91. The smallest absolute Gasteiger partial charge is 0.0938 e. The van der Waals surface area contributed by atoms with Crippen molar-refractivity contribution in [2.24, 2.45) is 0 Å². The highest BCUT2D eigenvalue weighted by Gasteiger charge is 2.13. The molecule has 0 saturated carbocycles. The van der Waals surface area contributed by atoms with Crippen LogP contribution in [0.15, 0.2) is 30.3 Å². The van der Waals surface area contributed by atoms with Crippen molar-refractivity contribution in [3.63, 3.8) is 0 Å². The summed E-state index contributed by atoms with van der Waals surface area (Å²) in [7, 11) is 0. The number of nitrogens with zero attached hydrogens (tertiary/aromatic N) is 2. The van der Waals surface area contributed by atoms with Crippen molar-refractivity contribution in [2.75, 3.05) is 31.1 Å². The van der Waals surface area contributed by atoms with Crippen molar-refractivity contribution >= 4 is 29.0 Å². The van der Waals surface area contributed by atoms with Gasteiger partial charge >= 0.3 is 0 Å². The highest BCUT2D eigenvalue weighted by Crippen LogP contribution is 2.25. The summed E-state index contributed by atoms with van der Waals surface area (Å²) in [5.74, 6) is 0. The first-order chi connectivity index (χ1) is 8.34. The molecule has 1 aromatic carbocycles. The molecule has 0 spiro atoms. The molecule has 0 amide bonds. The van der Waals surface area contributed by atoms with Crippen LogP contribution in [-0.2, 0) is 0 Å². The van der Waals surface area contributed by atoms with Crippen LogP contribution >= 0.6 is 12.4 Å². The number of hydrogen-bond acceptors (Lipinski definition) is 3. The van der Waals surface area contributed by atoms with Gasteiger partial charge in [0.05, 0.1) is 11.2 Å². The molecule has 1 aromatic heterocycles. The van der Waals surface area contributed by atoms with Gasteiger partial charge in [0, 0.05) is 37.3 Å². The number of nitrogens with one attached hydrogen (secondary N) is 1. The maximum absolute atomic E-state index is 4.69. The molecule has 1 fully saturated rings. The van der Waals surface area contributed by atoms with Gasteiger partial charge in [-0.3, -0.25) is 4.98 Å². The fraction of sp³-hybridized carbons (Fsp3) is 0.357. The van der Waals surface area contributed by atoms with E-state index in [1.807, 2.05) is 6.92 Å². The lowest BCUT2D eigenvalue weighted by atomic mass is 10.1. The summed E-state index contributed by atoms with van der Waals surface area (Å²) in [6, 6.07) is 10.7. The predicted octanol–water partition coefficient (Wildman–Crippen LogP) is 2.37. The molecule has 2 aromatic rings. The Kier molecular flexibility index (Phi) is 4.04. The second kappa shape index (κ2) is 5.55. The van der Waals surface area contributed by atoms with Crippen LogP contribution in [0.3, 0.4) is 0 Å². The molecule has 0 radical (unpaired) electrons. The summed E-state index contributed by atoms with van der Waals surface area (Å²) >= 11 is 0. The van der Waals surface area contributed by atoms with Crippen LogP contribution in [0.25, 0.3) is 10.9 Å². The van der Waals surface area contributed by atoms with E-state index < -0.39 is 0 Å². The predicted molar refractivity (Wildman–Crippen MR) is 78.8 cm³/mol. The SMILES string of the molecule is Cc1ccc2cccc(N3CCNCC3)c2n1.Cl. The monoisotopic (exact) mass is 263 g/mol. The topological polar surface area (TPSA) is 28.2 Å². The first-order valence-electron chi connectivity index (χ1n) is 6.17. The summed E-state index contributed by atoms with van der Waals surface area (Å²) in [5.41, 5.74) is 3.49. The molecule has 2 heterocycles. The number of pyridine rings is 1. The Morgan fingerprint density at radius 2 is 1.89 bits per heavy atom. The Morgan fingerprint density at radius 3 is 2.67 bits per heavy atom. The van der Waals surface area contributed by atoms with Crippen molar-refractivity contribution in [2.45, 2.75) is 6.92 Å². The molecule has 0 unspecified atom stereocenters. The molecule has 4 heteroatoms. The number of halogens is 1. The molecule has 0 bridgehead atoms. The third-order valence-corrected chi connectivity index (χ3v) is 3.30.